The average molecular weight is 261 g/mol. The van der Waals surface area contributed by atoms with Crippen molar-refractivity contribution in [2.45, 2.75) is 33.3 Å². The van der Waals surface area contributed by atoms with Crippen LogP contribution in [0, 0.1) is 6.92 Å². The van der Waals surface area contributed by atoms with Gasteiger partial charge in [0, 0.05) is 0 Å². The fourth-order valence-corrected chi connectivity index (χ4v) is 2.10. The Bertz CT molecular complexity index is 564. The molecule has 0 aliphatic carbocycles. The highest BCUT2D eigenvalue weighted by Gasteiger charge is 2.15. The highest BCUT2D eigenvalue weighted by Crippen LogP contribution is 2.25. The summed E-state index contributed by atoms with van der Waals surface area (Å²) in [6.45, 7) is 4.02. The maximum Gasteiger partial charge on any atom is 0.144 e. The van der Waals surface area contributed by atoms with Crippen molar-refractivity contribution < 1.29 is 9.84 Å². The number of benzene rings is 1. The molecule has 2 rings (SSSR count). The lowest BCUT2D eigenvalue weighted by Gasteiger charge is -2.11. The number of rotatable bonds is 5. The molecule has 1 aromatic carbocycles. The summed E-state index contributed by atoms with van der Waals surface area (Å²) >= 11 is 0. The molecular weight excluding hydrogens is 242 g/mol. The van der Waals surface area contributed by atoms with Crippen LogP contribution in [0.25, 0.3) is 5.69 Å². The molecule has 1 N–H and O–H groups in total. The summed E-state index contributed by atoms with van der Waals surface area (Å²) in [4.78, 5) is 0. The Hall–Kier alpha value is -1.88. The lowest BCUT2D eigenvalue weighted by molar-refractivity contribution is 0.275. The van der Waals surface area contributed by atoms with Gasteiger partial charge in [-0.15, -0.1) is 5.10 Å². The van der Waals surface area contributed by atoms with Crippen molar-refractivity contribution >= 4 is 0 Å². The van der Waals surface area contributed by atoms with Crippen LogP contribution in [-0.4, -0.2) is 27.2 Å². The monoisotopic (exact) mass is 261 g/mol. The first-order valence-electron chi connectivity index (χ1n) is 6.40. The zero-order valence-corrected chi connectivity index (χ0v) is 11.6. The van der Waals surface area contributed by atoms with E-state index in [0.29, 0.717) is 5.69 Å². The van der Waals surface area contributed by atoms with E-state index in [2.05, 4.69) is 17.2 Å². The lowest BCUT2D eigenvalue weighted by Crippen LogP contribution is -2.06. The van der Waals surface area contributed by atoms with Crippen LogP contribution in [0.3, 0.4) is 0 Å². The van der Waals surface area contributed by atoms with Crippen molar-refractivity contribution in [3.63, 3.8) is 0 Å². The quantitative estimate of drug-likeness (QED) is 0.894. The van der Waals surface area contributed by atoms with E-state index in [-0.39, 0.29) is 6.61 Å². The number of aromatic nitrogens is 3. The predicted octanol–water partition coefficient (Wildman–Crippen LogP) is 2.03. The molecular formula is C14H19N3O2. The Morgan fingerprint density at radius 2 is 2.16 bits per heavy atom. The van der Waals surface area contributed by atoms with Gasteiger partial charge in [-0.1, -0.05) is 24.6 Å². The number of aryl methyl sites for hydroxylation is 1. The van der Waals surface area contributed by atoms with E-state index in [4.69, 9.17) is 4.74 Å². The normalized spacial score (nSPS) is 10.7. The summed E-state index contributed by atoms with van der Waals surface area (Å²) in [6.07, 6.45) is 1.79. The lowest BCUT2D eigenvalue weighted by atomic mass is 10.1. The van der Waals surface area contributed by atoms with Crippen molar-refractivity contribution in [3.05, 3.63) is 35.2 Å². The van der Waals surface area contributed by atoms with Gasteiger partial charge in [0.1, 0.15) is 17.1 Å². The summed E-state index contributed by atoms with van der Waals surface area (Å²) in [5.74, 6) is 0.748. The molecule has 0 saturated carbocycles. The van der Waals surface area contributed by atoms with Gasteiger partial charge < -0.3 is 9.84 Å². The number of ether oxygens (including phenoxy) is 1. The minimum atomic E-state index is -0.0938. The van der Waals surface area contributed by atoms with E-state index < -0.39 is 0 Å². The largest absolute Gasteiger partial charge is 0.494 e. The molecule has 0 amide bonds. The van der Waals surface area contributed by atoms with Gasteiger partial charge in [0.05, 0.1) is 19.4 Å². The molecule has 2 aromatic rings. The number of hydrogen-bond acceptors (Lipinski definition) is 4. The van der Waals surface area contributed by atoms with E-state index in [1.165, 1.54) is 0 Å². The van der Waals surface area contributed by atoms with E-state index in [9.17, 15) is 5.11 Å². The number of hydrogen-bond donors (Lipinski definition) is 1. The molecule has 5 heteroatoms. The molecule has 0 aliphatic rings. The van der Waals surface area contributed by atoms with Crippen LogP contribution in [0.2, 0.25) is 0 Å². The van der Waals surface area contributed by atoms with Crippen molar-refractivity contribution in [2.75, 3.05) is 7.11 Å². The minimum Gasteiger partial charge on any atom is -0.494 e. The fourth-order valence-electron chi connectivity index (χ4n) is 2.10. The summed E-state index contributed by atoms with van der Waals surface area (Å²) in [5, 5.41) is 17.5. The molecule has 0 aliphatic heterocycles. The molecule has 1 aromatic heterocycles. The van der Waals surface area contributed by atoms with Crippen LogP contribution in [0.1, 0.15) is 30.3 Å². The van der Waals surface area contributed by atoms with E-state index in [1.807, 2.05) is 25.1 Å². The first-order chi connectivity index (χ1) is 9.21. The van der Waals surface area contributed by atoms with Crippen molar-refractivity contribution in [1.29, 1.82) is 0 Å². The Balaban J connectivity index is 2.57. The van der Waals surface area contributed by atoms with E-state index >= 15 is 0 Å². The Kier molecular flexibility index (Phi) is 4.16. The van der Waals surface area contributed by atoms with Crippen LogP contribution < -0.4 is 4.74 Å². The fraction of sp³-hybridized carbons (Fsp3) is 0.429. The number of methoxy groups -OCH3 is 1. The molecule has 0 saturated heterocycles. The van der Waals surface area contributed by atoms with Crippen LogP contribution in [-0.2, 0) is 13.0 Å². The van der Waals surface area contributed by atoms with E-state index in [1.54, 1.807) is 11.8 Å². The Morgan fingerprint density at radius 3 is 2.79 bits per heavy atom. The molecule has 0 spiro atoms. The van der Waals surface area contributed by atoms with Gasteiger partial charge in [0.2, 0.25) is 0 Å². The zero-order valence-electron chi connectivity index (χ0n) is 11.6. The minimum absolute atomic E-state index is 0.0938. The molecule has 0 bridgehead atoms. The van der Waals surface area contributed by atoms with Crippen molar-refractivity contribution in [2.24, 2.45) is 0 Å². The highest BCUT2D eigenvalue weighted by atomic mass is 16.5. The van der Waals surface area contributed by atoms with Gasteiger partial charge in [-0.05, 0) is 31.0 Å². The Labute approximate surface area is 112 Å². The smallest absolute Gasteiger partial charge is 0.144 e. The first kappa shape index (κ1) is 13.5. The molecule has 102 valence electrons. The number of nitrogens with zero attached hydrogens (tertiary/aromatic N) is 3. The van der Waals surface area contributed by atoms with Gasteiger partial charge in [0.25, 0.3) is 0 Å². The second-order valence-corrected chi connectivity index (χ2v) is 4.48. The topological polar surface area (TPSA) is 60.2 Å². The van der Waals surface area contributed by atoms with Gasteiger partial charge >= 0.3 is 0 Å². The third-order valence-corrected chi connectivity index (χ3v) is 3.04. The summed E-state index contributed by atoms with van der Waals surface area (Å²) in [7, 11) is 1.64. The first-order valence-corrected chi connectivity index (χ1v) is 6.40. The maximum atomic E-state index is 9.34. The second-order valence-electron chi connectivity index (χ2n) is 4.48. The summed E-state index contributed by atoms with van der Waals surface area (Å²) in [5.41, 5.74) is 3.55. The van der Waals surface area contributed by atoms with Gasteiger partial charge in [-0.2, -0.15) is 0 Å². The molecule has 5 nitrogen and oxygen atoms in total. The predicted molar refractivity (Wildman–Crippen MR) is 72.6 cm³/mol. The third-order valence-electron chi connectivity index (χ3n) is 3.04. The van der Waals surface area contributed by atoms with Crippen molar-refractivity contribution in [1.82, 2.24) is 15.0 Å². The zero-order chi connectivity index (χ0) is 13.8. The summed E-state index contributed by atoms with van der Waals surface area (Å²) < 4.78 is 7.14. The number of aliphatic hydroxyl groups is 1. The highest BCUT2D eigenvalue weighted by molar-refractivity contribution is 5.49. The molecule has 0 unspecified atom stereocenters. The van der Waals surface area contributed by atoms with Gasteiger partial charge in [-0.3, -0.25) is 0 Å². The Morgan fingerprint density at radius 1 is 1.37 bits per heavy atom. The molecule has 19 heavy (non-hydrogen) atoms. The van der Waals surface area contributed by atoms with E-state index in [0.717, 1.165) is 35.5 Å². The maximum absolute atomic E-state index is 9.34. The van der Waals surface area contributed by atoms with Crippen LogP contribution in [0.4, 0.5) is 0 Å². The van der Waals surface area contributed by atoms with Gasteiger partial charge in [0.15, 0.2) is 0 Å². The molecule has 0 fully saturated rings. The SMILES string of the molecule is CCCc1c(CO)nnn1-c1cc(C)ccc1OC. The number of aliphatic hydroxyl groups excluding tert-OH is 1. The molecule has 0 atom stereocenters. The van der Waals surface area contributed by atoms with Crippen LogP contribution >= 0.6 is 0 Å². The molecule has 0 radical (unpaired) electrons. The van der Waals surface area contributed by atoms with Crippen molar-refractivity contribution in [3.8, 4) is 11.4 Å². The van der Waals surface area contributed by atoms with Crippen LogP contribution in [0.15, 0.2) is 18.2 Å². The second kappa shape index (κ2) is 5.84. The summed E-state index contributed by atoms with van der Waals surface area (Å²) in [6, 6.07) is 5.92. The van der Waals surface area contributed by atoms with Gasteiger partial charge in [-0.25, -0.2) is 4.68 Å². The standard InChI is InChI=1S/C14H19N3O2/c1-4-5-12-11(9-18)15-16-17(12)13-8-10(2)6-7-14(13)19-3/h6-8,18H,4-5,9H2,1-3H3. The van der Waals surface area contributed by atoms with Crippen LogP contribution in [0.5, 0.6) is 5.75 Å². The molecule has 1 heterocycles. The third kappa shape index (κ3) is 2.61. The average Bonchev–Trinajstić information content (AvgIpc) is 2.82.